The number of carbonyl (C=O) groups is 2. The van der Waals surface area contributed by atoms with Gasteiger partial charge in [-0.25, -0.2) is 0 Å². The van der Waals surface area contributed by atoms with Gasteiger partial charge in [-0.1, -0.05) is 48.4 Å². The van der Waals surface area contributed by atoms with Crippen LogP contribution in [0, 0.1) is 0 Å². The molecule has 0 spiro atoms. The minimum atomic E-state index is -0.0475. The highest BCUT2D eigenvalue weighted by Crippen LogP contribution is 2.34. The largest absolute Gasteiger partial charge is 0.496 e. The van der Waals surface area contributed by atoms with Crippen LogP contribution in [-0.2, 0) is 16.0 Å². The van der Waals surface area contributed by atoms with Crippen molar-refractivity contribution in [1.82, 2.24) is 10.2 Å². The molecule has 2 bridgehead atoms. The van der Waals surface area contributed by atoms with E-state index >= 15 is 0 Å². The van der Waals surface area contributed by atoms with Crippen molar-refractivity contribution < 1.29 is 14.3 Å². The van der Waals surface area contributed by atoms with E-state index in [0.717, 1.165) is 37.0 Å². The fraction of sp³-hybridized carbons (Fsp3) is 0.440. The highest BCUT2D eigenvalue weighted by atomic mass is 35.5. The number of amides is 2. The Morgan fingerprint density at radius 3 is 2.44 bits per heavy atom. The van der Waals surface area contributed by atoms with Crippen LogP contribution in [0.1, 0.15) is 37.7 Å². The van der Waals surface area contributed by atoms with Crippen LogP contribution in [0.2, 0.25) is 5.02 Å². The van der Waals surface area contributed by atoms with Crippen molar-refractivity contribution in [2.75, 3.05) is 19.0 Å². The molecular weight excluding hydrogens is 426 g/mol. The Balaban J connectivity index is 1.33. The van der Waals surface area contributed by atoms with Gasteiger partial charge in [0.15, 0.2) is 0 Å². The maximum Gasteiger partial charge on any atom is 0.238 e. The molecule has 2 atom stereocenters. The number of carbonyl (C=O) groups excluding carboxylic acids is 2. The second-order valence-corrected chi connectivity index (χ2v) is 9.07. The number of para-hydroxylation sites is 2. The lowest BCUT2D eigenvalue weighted by Crippen LogP contribution is -2.58. The number of hydrogen-bond donors (Lipinski definition) is 2. The first-order chi connectivity index (χ1) is 15.5. The lowest BCUT2D eigenvalue weighted by Gasteiger charge is -2.48. The third kappa shape index (κ3) is 5.43. The Labute approximate surface area is 194 Å². The summed E-state index contributed by atoms with van der Waals surface area (Å²) in [6, 6.07) is 15.6. The van der Waals surface area contributed by atoms with Gasteiger partial charge >= 0.3 is 0 Å². The summed E-state index contributed by atoms with van der Waals surface area (Å²) in [5.74, 6) is 0.704. The monoisotopic (exact) mass is 455 g/mol. The molecule has 7 heteroatoms. The fourth-order valence-corrected chi connectivity index (χ4v) is 5.26. The SMILES string of the molecule is COc1ccccc1CC(=O)NC1CC2CCCC(C1)N2CC(=O)Nc1ccccc1Cl. The van der Waals surface area contributed by atoms with Crippen LogP contribution >= 0.6 is 11.6 Å². The molecule has 2 amide bonds. The number of benzene rings is 2. The van der Waals surface area contributed by atoms with E-state index in [1.165, 1.54) is 6.42 Å². The molecule has 2 aliphatic rings. The fourth-order valence-electron chi connectivity index (χ4n) is 5.07. The molecule has 4 rings (SSSR count). The summed E-state index contributed by atoms with van der Waals surface area (Å²) >= 11 is 6.18. The number of nitrogens with one attached hydrogen (secondary N) is 2. The van der Waals surface area contributed by atoms with Gasteiger partial charge < -0.3 is 15.4 Å². The molecule has 2 N–H and O–H groups in total. The van der Waals surface area contributed by atoms with Gasteiger partial charge in [0.2, 0.25) is 11.8 Å². The number of fused-ring (bicyclic) bond motifs is 2. The summed E-state index contributed by atoms with van der Waals surface area (Å²) in [7, 11) is 1.62. The first-order valence-electron chi connectivity index (χ1n) is 11.2. The molecule has 6 nitrogen and oxygen atoms in total. The van der Waals surface area contributed by atoms with E-state index < -0.39 is 0 Å². The molecule has 2 aromatic carbocycles. The number of hydrogen-bond acceptors (Lipinski definition) is 4. The Hall–Kier alpha value is -2.57. The minimum absolute atomic E-state index is 0.0162. The summed E-state index contributed by atoms with van der Waals surface area (Å²) in [5.41, 5.74) is 1.53. The van der Waals surface area contributed by atoms with E-state index in [-0.39, 0.29) is 17.9 Å². The zero-order valence-electron chi connectivity index (χ0n) is 18.4. The average molecular weight is 456 g/mol. The lowest BCUT2D eigenvalue weighted by molar-refractivity contribution is -0.124. The molecule has 2 aromatic rings. The first kappa shape index (κ1) is 22.6. The average Bonchev–Trinajstić information content (AvgIpc) is 2.76. The maximum absolute atomic E-state index is 12.7. The van der Waals surface area contributed by atoms with Crippen molar-refractivity contribution in [2.45, 2.75) is 56.7 Å². The van der Waals surface area contributed by atoms with Gasteiger partial charge in [0, 0.05) is 23.7 Å². The molecule has 2 unspecified atom stereocenters. The summed E-state index contributed by atoms with van der Waals surface area (Å²) in [6.07, 6.45) is 5.31. The lowest BCUT2D eigenvalue weighted by atomic mass is 9.81. The van der Waals surface area contributed by atoms with E-state index in [1.807, 2.05) is 42.5 Å². The van der Waals surface area contributed by atoms with E-state index in [2.05, 4.69) is 15.5 Å². The van der Waals surface area contributed by atoms with E-state index in [0.29, 0.717) is 35.8 Å². The van der Waals surface area contributed by atoms with Gasteiger partial charge in [-0.2, -0.15) is 0 Å². The van der Waals surface area contributed by atoms with Crippen molar-refractivity contribution >= 4 is 29.1 Å². The van der Waals surface area contributed by atoms with E-state index in [4.69, 9.17) is 16.3 Å². The van der Waals surface area contributed by atoms with Crippen molar-refractivity contribution in [1.29, 1.82) is 0 Å². The molecule has 0 aromatic heterocycles. The van der Waals surface area contributed by atoms with Gasteiger partial charge in [0.25, 0.3) is 0 Å². The molecule has 2 fully saturated rings. The smallest absolute Gasteiger partial charge is 0.238 e. The number of anilines is 1. The summed E-state index contributed by atoms with van der Waals surface area (Å²) in [4.78, 5) is 27.7. The third-order valence-corrected chi connectivity index (χ3v) is 6.84. The zero-order valence-corrected chi connectivity index (χ0v) is 19.1. The number of nitrogens with zero attached hydrogens (tertiary/aromatic N) is 1. The normalized spacial score (nSPS) is 22.8. The van der Waals surface area contributed by atoms with E-state index in [9.17, 15) is 9.59 Å². The first-order valence-corrected chi connectivity index (χ1v) is 11.6. The third-order valence-electron chi connectivity index (χ3n) is 6.51. The number of halogens is 1. The molecule has 2 saturated heterocycles. The molecule has 170 valence electrons. The van der Waals surface area contributed by atoms with Crippen LogP contribution in [0.15, 0.2) is 48.5 Å². The van der Waals surface area contributed by atoms with Crippen LogP contribution in [0.5, 0.6) is 5.75 Å². The molecule has 0 saturated carbocycles. The van der Waals surface area contributed by atoms with Crippen LogP contribution in [0.25, 0.3) is 0 Å². The number of ether oxygens (including phenoxy) is 1. The van der Waals surface area contributed by atoms with Crippen molar-refractivity contribution in [3.63, 3.8) is 0 Å². The Kier molecular flexibility index (Phi) is 7.33. The quantitative estimate of drug-likeness (QED) is 0.661. The predicted octanol–water partition coefficient (Wildman–Crippen LogP) is 4.03. The van der Waals surface area contributed by atoms with Crippen molar-refractivity contribution in [3.8, 4) is 5.75 Å². The molecule has 32 heavy (non-hydrogen) atoms. The van der Waals surface area contributed by atoms with Crippen molar-refractivity contribution in [2.24, 2.45) is 0 Å². The second-order valence-electron chi connectivity index (χ2n) is 8.66. The molecule has 2 heterocycles. The minimum Gasteiger partial charge on any atom is -0.496 e. The van der Waals surface area contributed by atoms with E-state index in [1.54, 1.807) is 13.2 Å². The van der Waals surface area contributed by atoms with Gasteiger partial charge in [-0.3, -0.25) is 14.5 Å². The Bertz CT molecular complexity index is 953. The van der Waals surface area contributed by atoms with Gasteiger partial charge in [0.05, 0.1) is 30.8 Å². The maximum atomic E-state index is 12.7. The zero-order chi connectivity index (χ0) is 22.5. The summed E-state index contributed by atoms with van der Waals surface area (Å²) in [5, 5.41) is 6.70. The molecule has 0 radical (unpaired) electrons. The summed E-state index contributed by atoms with van der Waals surface area (Å²) < 4.78 is 5.36. The summed E-state index contributed by atoms with van der Waals surface area (Å²) in [6.45, 7) is 0.350. The standard InChI is InChI=1S/C25H30ClN3O3/c1-32-23-12-5-2-7-17(23)13-24(30)27-18-14-19-8-6-9-20(15-18)29(19)16-25(31)28-22-11-4-3-10-21(22)26/h2-5,7,10-12,18-20H,6,8-9,13-16H2,1H3,(H,27,30)(H,28,31). The van der Waals surface area contributed by atoms with Crippen LogP contribution in [0.4, 0.5) is 5.69 Å². The molecule has 2 aliphatic heterocycles. The Morgan fingerprint density at radius 2 is 1.72 bits per heavy atom. The number of methoxy groups -OCH3 is 1. The predicted molar refractivity (Wildman–Crippen MR) is 126 cm³/mol. The van der Waals surface area contributed by atoms with Crippen LogP contribution in [-0.4, -0.2) is 48.5 Å². The van der Waals surface area contributed by atoms with Crippen molar-refractivity contribution in [3.05, 3.63) is 59.1 Å². The topological polar surface area (TPSA) is 70.7 Å². The van der Waals surface area contributed by atoms with Gasteiger partial charge in [-0.15, -0.1) is 0 Å². The van der Waals surface area contributed by atoms with Gasteiger partial charge in [-0.05, 0) is 43.9 Å². The highest BCUT2D eigenvalue weighted by molar-refractivity contribution is 6.33. The highest BCUT2D eigenvalue weighted by Gasteiger charge is 2.39. The van der Waals surface area contributed by atoms with Crippen LogP contribution in [0.3, 0.4) is 0 Å². The second kappa shape index (κ2) is 10.4. The van der Waals surface area contributed by atoms with Crippen LogP contribution < -0.4 is 15.4 Å². The number of piperidine rings is 2. The number of rotatable bonds is 7. The molecular formula is C25H30ClN3O3. The Morgan fingerprint density at radius 1 is 1.03 bits per heavy atom. The molecule has 0 aliphatic carbocycles. The van der Waals surface area contributed by atoms with Gasteiger partial charge in [0.1, 0.15) is 5.75 Å².